The number of aryl methyl sites for hydroxylation is 1. The molecule has 0 saturated heterocycles. The summed E-state index contributed by atoms with van der Waals surface area (Å²) in [5.41, 5.74) is 3.01. The standard InChI is InChI=1S/C16H19N3O2/c1-11-6-8-13(9-7-11)19-15(17-16(20)21)10-14(18-19)12-4-2-3-5-12/h6-10,12,17H,2-5H2,1H3,(H,20,21). The molecule has 1 amide bonds. The first-order valence-electron chi connectivity index (χ1n) is 7.30. The maximum absolute atomic E-state index is 11.0. The van der Waals surface area contributed by atoms with E-state index < -0.39 is 6.09 Å². The van der Waals surface area contributed by atoms with Gasteiger partial charge >= 0.3 is 6.09 Å². The number of hydrogen-bond donors (Lipinski definition) is 2. The van der Waals surface area contributed by atoms with Crippen molar-refractivity contribution in [2.75, 3.05) is 5.32 Å². The minimum absolute atomic E-state index is 0.450. The fourth-order valence-electron chi connectivity index (χ4n) is 2.90. The third kappa shape index (κ3) is 2.91. The lowest BCUT2D eigenvalue weighted by Crippen LogP contribution is -2.11. The number of aromatic nitrogens is 2. The van der Waals surface area contributed by atoms with Crippen LogP contribution >= 0.6 is 0 Å². The number of nitrogens with one attached hydrogen (secondary N) is 1. The smallest absolute Gasteiger partial charge is 0.410 e. The second kappa shape index (κ2) is 5.60. The lowest BCUT2D eigenvalue weighted by molar-refractivity contribution is 0.209. The number of anilines is 1. The molecule has 1 heterocycles. The lowest BCUT2D eigenvalue weighted by Gasteiger charge is -2.07. The summed E-state index contributed by atoms with van der Waals surface area (Å²) >= 11 is 0. The largest absolute Gasteiger partial charge is 0.465 e. The molecule has 3 rings (SSSR count). The minimum Gasteiger partial charge on any atom is -0.465 e. The lowest BCUT2D eigenvalue weighted by atomic mass is 10.0. The second-order valence-electron chi connectivity index (χ2n) is 5.61. The molecule has 21 heavy (non-hydrogen) atoms. The fraction of sp³-hybridized carbons (Fsp3) is 0.375. The molecule has 2 N–H and O–H groups in total. The molecule has 0 atom stereocenters. The molecule has 1 aliphatic rings. The van der Waals surface area contributed by atoms with Crippen LogP contribution < -0.4 is 5.32 Å². The van der Waals surface area contributed by atoms with Gasteiger partial charge in [-0.1, -0.05) is 30.5 Å². The molecule has 0 unspecified atom stereocenters. The first-order chi connectivity index (χ1) is 10.1. The van der Waals surface area contributed by atoms with Gasteiger partial charge in [-0.15, -0.1) is 0 Å². The molecular weight excluding hydrogens is 266 g/mol. The predicted molar refractivity (Wildman–Crippen MR) is 81.2 cm³/mol. The van der Waals surface area contributed by atoms with Gasteiger partial charge in [0.2, 0.25) is 0 Å². The summed E-state index contributed by atoms with van der Waals surface area (Å²) in [5, 5.41) is 16.1. The van der Waals surface area contributed by atoms with Crippen LogP contribution in [0.15, 0.2) is 30.3 Å². The maximum Gasteiger partial charge on any atom is 0.410 e. The summed E-state index contributed by atoms with van der Waals surface area (Å²) in [5.74, 6) is 0.958. The molecule has 1 saturated carbocycles. The van der Waals surface area contributed by atoms with Crippen LogP contribution in [0.25, 0.3) is 5.69 Å². The van der Waals surface area contributed by atoms with Crippen molar-refractivity contribution in [3.8, 4) is 5.69 Å². The predicted octanol–water partition coefficient (Wildman–Crippen LogP) is 3.93. The van der Waals surface area contributed by atoms with Crippen LogP contribution in [-0.4, -0.2) is 21.0 Å². The van der Waals surface area contributed by atoms with E-state index in [9.17, 15) is 4.79 Å². The number of rotatable bonds is 3. The van der Waals surface area contributed by atoms with Gasteiger partial charge in [0.1, 0.15) is 5.82 Å². The number of benzene rings is 1. The summed E-state index contributed by atoms with van der Waals surface area (Å²) in [6.45, 7) is 2.02. The highest BCUT2D eigenvalue weighted by molar-refractivity contribution is 5.82. The molecule has 0 spiro atoms. The highest BCUT2D eigenvalue weighted by Crippen LogP contribution is 2.35. The normalized spacial score (nSPS) is 15.3. The molecule has 0 radical (unpaired) electrons. The van der Waals surface area contributed by atoms with Crippen LogP contribution in [0.1, 0.15) is 42.9 Å². The highest BCUT2D eigenvalue weighted by Gasteiger charge is 2.22. The molecule has 110 valence electrons. The van der Waals surface area contributed by atoms with Gasteiger partial charge in [0.05, 0.1) is 11.4 Å². The third-order valence-electron chi connectivity index (χ3n) is 4.02. The molecule has 1 aliphatic carbocycles. The Morgan fingerprint density at radius 1 is 1.29 bits per heavy atom. The van der Waals surface area contributed by atoms with Crippen molar-refractivity contribution >= 4 is 11.9 Å². The van der Waals surface area contributed by atoms with Crippen molar-refractivity contribution in [3.05, 3.63) is 41.6 Å². The molecule has 1 aromatic heterocycles. The monoisotopic (exact) mass is 285 g/mol. The van der Waals surface area contributed by atoms with Crippen LogP contribution in [0.5, 0.6) is 0 Å². The van der Waals surface area contributed by atoms with Crippen molar-refractivity contribution in [1.29, 1.82) is 0 Å². The van der Waals surface area contributed by atoms with Gasteiger partial charge in [-0.3, -0.25) is 5.32 Å². The van der Waals surface area contributed by atoms with Crippen molar-refractivity contribution in [2.24, 2.45) is 0 Å². The summed E-state index contributed by atoms with van der Waals surface area (Å²) < 4.78 is 1.68. The summed E-state index contributed by atoms with van der Waals surface area (Å²) in [7, 11) is 0. The van der Waals surface area contributed by atoms with E-state index in [1.54, 1.807) is 4.68 Å². The first-order valence-corrected chi connectivity index (χ1v) is 7.30. The van der Waals surface area contributed by atoms with Crippen molar-refractivity contribution < 1.29 is 9.90 Å². The van der Waals surface area contributed by atoms with Gasteiger partial charge in [-0.05, 0) is 31.9 Å². The Balaban J connectivity index is 1.99. The van der Waals surface area contributed by atoms with E-state index in [0.717, 1.165) is 29.8 Å². The third-order valence-corrected chi connectivity index (χ3v) is 4.02. The Morgan fingerprint density at radius 3 is 2.57 bits per heavy atom. The average molecular weight is 285 g/mol. The Kier molecular flexibility index (Phi) is 3.64. The zero-order valence-electron chi connectivity index (χ0n) is 12.0. The number of carboxylic acid groups (broad SMARTS) is 1. The van der Waals surface area contributed by atoms with Gasteiger partial charge in [-0.25, -0.2) is 9.48 Å². The number of carbonyl (C=O) groups is 1. The van der Waals surface area contributed by atoms with Crippen molar-refractivity contribution in [2.45, 2.75) is 38.5 Å². The van der Waals surface area contributed by atoms with Crippen LogP contribution in [0.4, 0.5) is 10.6 Å². The van der Waals surface area contributed by atoms with Gasteiger partial charge in [0.25, 0.3) is 0 Å². The molecule has 1 fully saturated rings. The Labute approximate surface area is 123 Å². The van der Waals surface area contributed by atoms with E-state index in [0.29, 0.717) is 11.7 Å². The topological polar surface area (TPSA) is 67.2 Å². The van der Waals surface area contributed by atoms with Gasteiger partial charge < -0.3 is 5.11 Å². The molecule has 0 bridgehead atoms. The van der Waals surface area contributed by atoms with E-state index in [-0.39, 0.29) is 0 Å². The molecule has 0 aliphatic heterocycles. The van der Waals surface area contributed by atoms with E-state index >= 15 is 0 Å². The van der Waals surface area contributed by atoms with E-state index in [1.165, 1.54) is 12.8 Å². The zero-order valence-corrected chi connectivity index (χ0v) is 12.0. The van der Waals surface area contributed by atoms with E-state index in [4.69, 9.17) is 5.11 Å². The highest BCUT2D eigenvalue weighted by atomic mass is 16.4. The molecule has 2 aromatic rings. The van der Waals surface area contributed by atoms with Crippen molar-refractivity contribution in [1.82, 2.24) is 9.78 Å². The number of amides is 1. The quantitative estimate of drug-likeness (QED) is 0.898. The summed E-state index contributed by atoms with van der Waals surface area (Å²) in [6.07, 6.45) is 3.66. The van der Waals surface area contributed by atoms with E-state index in [1.807, 2.05) is 37.3 Å². The maximum atomic E-state index is 11.0. The summed E-state index contributed by atoms with van der Waals surface area (Å²) in [4.78, 5) is 11.0. The SMILES string of the molecule is Cc1ccc(-n2nc(C3CCCC3)cc2NC(=O)O)cc1. The van der Waals surface area contributed by atoms with Gasteiger partial charge in [-0.2, -0.15) is 5.10 Å². The Morgan fingerprint density at radius 2 is 1.95 bits per heavy atom. The van der Waals surface area contributed by atoms with Crippen molar-refractivity contribution in [3.63, 3.8) is 0 Å². The van der Waals surface area contributed by atoms with Crippen LogP contribution in [0.2, 0.25) is 0 Å². The van der Waals surface area contributed by atoms with Crippen LogP contribution in [0.3, 0.4) is 0 Å². The van der Waals surface area contributed by atoms with Crippen LogP contribution in [-0.2, 0) is 0 Å². The van der Waals surface area contributed by atoms with Gasteiger partial charge in [0, 0.05) is 12.0 Å². The second-order valence-corrected chi connectivity index (χ2v) is 5.61. The number of hydrogen-bond acceptors (Lipinski definition) is 2. The molecular formula is C16H19N3O2. The van der Waals surface area contributed by atoms with Gasteiger partial charge in [0.15, 0.2) is 0 Å². The van der Waals surface area contributed by atoms with E-state index in [2.05, 4.69) is 10.4 Å². The Hall–Kier alpha value is -2.30. The molecule has 5 heteroatoms. The van der Waals surface area contributed by atoms with Crippen LogP contribution in [0, 0.1) is 6.92 Å². The average Bonchev–Trinajstić information content (AvgIpc) is 3.08. The first kappa shape index (κ1) is 13.7. The number of nitrogens with zero attached hydrogens (tertiary/aromatic N) is 2. The minimum atomic E-state index is -1.07. The fourth-order valence-corrected chi connectivity index (χ4v) is 2.90. The summed E-state index contributed by atoms with van der Waals surface area (Å²) in [6, 6.07) is 9.76. The molecule has 5 nitrogen and oxygen atoms in total. The Bertz CT molecular complexity index is 640. The zero-order chi connectivity index (χ0) is 14.8. The molecule has 1 aromatic carbocycles.